The van der Waals surface area contributed by atoms with Crippen molar-refractivity contribution in [3.8, 4) is 0 Å². The van der Waals surface area contributed by atoms with Gasteiger partial charge in [0.05, 0.1) is 18.8 Å². The van der Waals surface area contributed by atoms with Crippen molar-refractivity contribution in [2.45, 2.75) is 44.5 Å². The summed E-state index contributed by atoms with van der Waals surface area (Å²) in [6, 6.07) is 6.41. The van der Waals surface area contributed by atoms with Gasteiger partial charge in [-0.2, -0.15) is 0 Å². The lowest BCUT2D eigenvalue weighted by molar-refractivity contribution is -0.129. The number of hydrogen-bond donors (Lipinski definition) is 1. The molecule has 6 heteroatoms. The summed E-state index contributed by atoms with van der Waals surface area (Å²) in [5.74, 6) is -0.0711. The molecule has 1 atom stereocenters. The van der Waals surface area contributed by atoms with Crippen LogP contribution in [0.15, 0.2) is 24.3 Å². The number of aliphatic hydroxyl groups is 1. The molecule has 25 heavy (non-hydrogen) atoms. The predicted octanol–water partition coefficient (Wildman–Crippen LogP) is 1.79. The van der Waals surface area contributed by atoms with Gasteiger partial charge in [0, 0.05) is 39.1 Å². The number of amides is 1. The molecular weight excluding hydrogens is 323 g/mol. The van der Waals surface area contributed by atoms with Gasteiger partial charge in [0.25, 0.3) is 0 Å². The van der Waals surface area contributed by atoms with E-state index in [1.54, 1.807) is 17.0 Å². The number of aliphatic hydroxyl groups excluding tert-OH is 1. The highest BCUT2D eigenvalue weighted by atomic mass is 19.1. The fourth-order valence-corrected chi connectivity index (χ4v) is 3.56. The molecule has 0 aliphatic carbocycles. The zero-order valence-corrected chi connectivity index (χ0v) is 14.6. The maximum atomic E-state index is 12.9. The van der Waals surface area contributed by atoms with Crippen molar-refractivity contribution in [1.82, 2.24) is 9.80 Å². The number of halogens is 1. The van der Waals surface area contributed by atoms with Crippen LogP contribution in [0.5, 0.6) is 0 Å². The first kappa shape index (κ1) is 18.3. The second kappa shape index (κ2) is 8.74. The first-order chi connectivity index (χ1) is 12.1. The largest absolute Gasteiger partial charge is 0.390 e. The van der Waals surface area contributed by atoms with Crippen molar-refractivity contribution in [1.29, 1.82) is 0 Å². The summed E-state index contributed by atoms with van der Waals surface area (Å²) in [4.78, 5) is 15.6. The molecule has 138 valence electrons. The van der Waals surface area contributed by atoms with Crippen molar-refractivity contribution in [2.75, 3.05) is 32.7 Å². The molecule has 1 aromatic carbocycles. The fourth-order valence-electron chi connectivity index (χ4n) is 3.56. The highest BCUT2D eigenvalue weighted by molar-refractivity contribution is 5.78. The third kappa shape index (κ3) is 5.49. The van der Waals surface area contributed by atoms with Crippen LogP contribution in [-0.4, -0.2) is 65.7 Å². The molecule has 3 rings (SSSR count). The summed E-state index contributed by atoms with van der Waals surface area (Å²) in [6.45, 7) is 4.10. The number of β-amino-alcohol motifs (C(OH)–C–C–N with tert-alkyl or cyclic N) is 1. The zero-order valence-electron chi connectivity index (χ0n) is 14.6. The van der Waals surface area contributed by atoms with Crippen molar-refractivity contribution in [3.05, 3.63) is 35.6 Å². The second-order valence-corrected chi connectivity index (χ2v) is 7.03. The van der Waals surface area contributed by atoms with E-state index in [0.717, 1.165) is 44.5 Å². The minimum atomic E-state index is -0.487. The Morgan fingerprint density at radius 2 is 1.88 bits per heavy atom. The van der Waals surface area contributed by atoms with E-state index in [9.17, 15) is 14.3 Å². The monoisotopic (exact) mass is 350 g/mol. The molecule has 0 bridgehead atoms. The lowest BCUT2D eigenvalue weighted by Crippen LogP contribution is -2.44. The van der Waals surface area contributed by atoms with Crippen LogP contribution < -0.4 is 0 Å². The molecule has 1 N–H and O–H groups in total. The molecule has 0 saturated carbocycles. The molecule has 0 aromatic heterocycles. The molecule has 2 heterocycles. The Morgan fingerprint density at radius 3 is 2.52 bits per heavy atom. The van der Waals surface area contributed by atoms with Crippen LogP contribution in [0.25, 0.3) is 0 Å². The molecular formula is C19H27FN2O3. The maximum absolute atomic E-state index is 12.9. The van der Waals surface area contributed by atoms with Crippen LogP contribution in [0.2, 0.25) is 0 Å². The number of nitrogens with zero attached hydrogens (tertiary/aromatic N) is 2. The lowest BCUT2D eigenvalue weighted by atomic mass is 10.1. The van der Waals surface area contributed by atoms with Gasteiger partial charge < -0.3 is 19.6 Å². The van der Waals surface area contributed by atoms with Crippen LogP contribution in [0.1, 0.15) is 31.2 Å². The van der Waals surface area contributed by atoms with E-state index in [0.29, 0.717) is 26.1 Å². The summed E-state index contributed by atoms with van der Waals surface area (Å²) in [5, 5.41) is 10.2. The number of carbonyl (C=O) groups excluding carboxylic acids is 1. The minimum absolute atomic E-state index is 0.159. The van der Waals surface area contributed by atoms with Crippen molar-refractivity contribution in [2.24, 2.45) is 0 Å². The highest BCUT2D eigenvalue weighted by Crippen LogP contribution is 2.17. The Labute approximate surface area is 148 Å². The number of likely N-dealkylation sites (tertiary alicyclic amines) is 2. The average molecular weight is 350 g/mol. The highest BCUT2D eigenvalue weighted by Gasteiger charge is 2.25. The van der Waals surface area contributed by atoms with E-state index in [2.05, 4.69) is 4.90 Å². The molecule has 0 spiro atoms. The average Bonchev–Trinajstić information content (AvgIpc) is 3.00. The minimum Gasteiger partial charge on any atom is -0.390 e. The van der Waals surface area contributed by atoms with E-state index in [1.165, 1.54) is 12.1 Å². The number of benzene rings is 1. The van der Waals surface area contributed by atoms with Crippen LogP contribution in [0.4, 0.5) is 4.39 Å². The van der Waals surface area contributed by atoms with Gasteiger partial charge in [-0.05, 0) is 37.0 Å². The van der Waals surface area contributed by atoms with Gasteiger partial charge in [0.1, 0.15) is 5.82 Å². The quantitative estimate of drug-likeness (QED) is 0.815. The number of piperidine rings is 1. The van der Waals surface area contributed by atoms with Gasteiger partial charge >= 0.3 is 0 Å². The van der Waals surface area contributed by atoms with Gasteiger partial charge in [0.15, 0.2) is 0 Å². The third-order valence-electron chi connectivity index (χ3n) is 5.01. The van der Waals surface area contributed by atoms with E-state index >= 15 is 0 Å². The van der Waals surface area contributed by atoms with Gasteiger partial charge in [-0.3, -0.25) is 4.79 Å². The number of ether oxygens (including phenoxy) is 1. The van der Waals surface area contributed by atoms with E-state index in [1.807, 2.05) is 0 Å². The Hall–Kier alpha value is -1.50. The lowest BCUT2D eigenvalue weighted by Gasteiger charge is -2.33. The molecule has 2 saturated heterocycles. The Morgan fingerprint density at radius 1 is 1.16 bits per heavy atom. The number of hydrogen-bond acceptors (Lipinski definition) is 4. The third-order valence-corrected chi connectivity index (χ3v) is 5.01. The molecule has 2 aliphatic rings. The Kier molecular flexibility index (Phi) is 6.39. The summed E-state index contributed by atoms with van der Waals surface area (Å²) < 4.78 is 18.8. The smallest absolute Gasteiger partial charge is 0.222 e. The number of carbonyl (C=O) groups is 1. The van der Waals surface area contributed by atoms with E-state index in [-0.39, 0.29) is 17.8 Å². The van der Waals surface area contributed by atoms with Crippen molar-refractivity contribution >= 4 is 5.91 Å². The van der Waals surface area contributed by atoms with Gasteiger partial charge in [-0.15, -0.1) is 0 Å². The molecule has 0 radical (unpaired) electrons. The standard InChI is InChI=1S/C19H27FN2O3/c20-16-5-3-15(4-6-16)14-25-18-7-10-21(11-8-18)12-17(23)13-22-9-1-2-19(22)24/h3-6,17-18,23H,1-2,7-14H2. The van der Waals surface area contributed by atoms with E-state index < -0.39 is 6.10 Å². The summed E-state index contributed by atoms with van der Waals surface area (Å²) in [5.41, 5.74) is 0.981. The van der Waals surface area contributed by atoms with Crippen molar-refractivity contribution < 1.29 is 19.0 Å². The van der Waals surface area contributed by atoms with Gasteiger partial charge in [0.2, 0.25) is 5.91 Å². The molecule has 2 aliphatic heterocycles. The maximum Gasteiger partial charge on any atom is 0.222 e. The van der Waals surface area contributed by atoms with Crippen LogP contribution in [0, 0.1) is 5.82 Å². The Bertz CT molecular complexity index is 558. The van der Waals surface area contributed by atoms with Gasteiger partial charge in [-0.1, -0.05) is 12.1 Å². The fraction of sp³-hybridized carbons (Fsp3) is 0.632. The van der Waals surface area contributed by atoms with Crippen LogP contribution in [-0.2, 0) is 16.1 Å². The van der Waals surface area contributed by atoms with Crippen LogP contribution >= 0.6 is 0 Å². The SMILES string of the molecule is O=C1CCCN1CC(O)CN1CCC(OCc2ccc(F)cc2)CC1. The topological polar surface area (TPSA) is 53.0 Å². The normalized spacial score (nSPS) is 21.0. The molecule has 1 unspecified atom stereocenters. The van der Waals surface area contributed by atoms with Crippen LogP contribution in [0.3, 0.4) is 0 Å². The number of rotatable bonds is 7. The molecule has 5 nitrogen and oxygen atoms in total. The molecule has 2 fully saturated rings. The predicted molar refractivity (Wildman–Crippen MR) is 92.5 cm³/mol. The first-order valence-electron chi connectivity index (χ1n) is 9.14. The Balaban J connectivity index is 1.34. The van der Waals surface area contributed by atoms with Gasteiger partial charge in [-0.25, -0.2) is 4.39 Å². The first-order valence-corrected chi connectivity index (χ1v) is 9.14. The molecule has 1 amide bonds. The van der Waals surface area contributed by atoms with E-state index in [4.69, 9.17) is 4.74 Å². The van der Waals surface area contributed by atoms with Crippen molar-refractivity contribution in [3.63, 3.8) is 0 Å². The molecule has 1 aromatic rings. The summed E-state index contributed by atoms with van der Waals surface area (Å²) >= 11 is 0. The zero-order chi connectivity index (χ0) is 17.6. The summed E-state index contributed by atoms with van der Waals surface area (Å²) in [6.07, 6.45) is 3.09. The second-order valence-electron chi connectivity index (χ2n) is 7.03. The summed E-state index contributed by atoms with van der Waals surface area (Å²) in [7, 11) is 0.